The summed E-state index contributed by atoms with van der Waals surface area (Å²) >= 11 is 0. The Balaban J connectivity index is 1.97. The number of urea groups is 1. The van der Waals surface area contributed by atoms with Crippen molar-refractivity contribution in [2.75, 3.05) is 16.8 Å². The summed E-state index contributed by atoms with van der Waals surface area (Å²) < 4.78 is 36.5. The van der Waals surface area contributed by atoms with E-state index in [1.54, 1.807) is 19.9 Å². The van der Waals surface area contributed by atoms with E-state index >= 15 is 0 Å². The van der Waals surface area contributed by atoms with Crippen molar-refractivity contribution in [2.45, 2.75) is 32.4 Å². The number of anilines is 1. The summed E-state index contributed by atoms with van der Waals surface area (Å²) in [5, 5.41) is 7.55. The summed E-state index contributed by atoms with van der Waals surface area (Å²) in [5.41, 5.74) is 0.0299. The number of hydrogen-bond donors (Lipinski definition) is 3. The Hall–Kier alpha value is -2.16. The van der Waals surface area contributed by atoms with Gasteiger partial charge in [-0.05, 0) is 24.5 Å². The lowest BCUT2D eigenvalue weighted by atomic mass is 10.0. The molecule has 0 bridgehead atoms. The molecule has 1 aliphatic heterocycles. The number of carbonyl (C=O) groups is 2. The molecular weight excluding hydrogens is 349 g/mol. The number of sulfone groups is 1. The van der Waals surface area contributed by atoms with E-state index in [4.69, 9.17) is 0 Å². The Morgan fingerprint density at radius 3 is 2.48 bits per heavy atom. The summed E-state index contributed by atoms with van der Waals surface area (Å²) in [7, 11) is -3.11. The van der Waals surface area contributed by atoms with Gasteiger partial charge in [-0.1, -0.05) is 26.0 Å². The van der Waals surface area contributed by atoms with Gasteiger partial charge in [0.05, 0.1) is 17.2 Å². The monoisotopic (exact) mass is 371 g/mol. The summed E-state index contributed by atoms with van der Waals surface area (Å²) in [6.45, 7) is 3.48. The highest BCUT2D eigenvalue weighted by Gasteiger charge is 2.31. The Labute approximate surface area is 146 Å². The van der Waals surface area contributed by atoms with Gasteiger partial charge in [-0.25, -0.2) is 17.6 Å². The minimum atomic E-state index is -3.11. The molecule has 0 saturated carbocycles. The third-order valence-electron chi connectivity index (χ3n) is 3.94. The number of para-hydroxylation sites is 1. The molecule has 1 aromatic rings. The second kappa shape index (κ2) is 7.81. The van der Waals surface area contributed by atoms with Gasteiger partial charge in [-0.3, -0.25) is 4.79 Å². The van der Waals surface area contributed by atoms with Crippen LogP contribution in [-0.4, -0.2) is 43.9 Å². The molecule has 2 atom stereocenters. The van der Waals surface area contributed by atoms with Crippen LogP contribution < -0.4 is 16.0 Å². The van der Waals surface area contributed by atoms with Crippen molar-refractivity contribution in [3.63, 3.8) is 0 Å². The maximum atomic E-state index is 13.6. The van der Waals surface area contributed by atoms with Crippen LogP contribution >= 0.6 is 0 Å². The van der Waals surface area contributed by atoms with Crippen molar-refractivity contribution in [2.24, 2.45) is 5.92 Å². The van der Waals surface area contributed by atoms with E-state index in [9.17, 15) is 22.4 Å². The third kappa shape index (κ3) is 5.42. The number of benzene rings is 1. The Kier molecular flexibility index (Phi) is 5.99. The first-order valence-electron chi connectivity index (χ1n) is 8.01. The van der Waals surface area contributed by atoms with Gasteiger partial charge in [0.2, 0.25) is 5.91 Å². The molecular formula is C16H22FN3O4S. The molecule has 1 fully saturated rings. The SMILES string of the molecule is CC(C)[C@H](NC(=O)N[C@@H]1CCS(=O)(=O)C1)C(=O)Nc1ccccc1F. The normalized spacial score (nSPS) is 20.1. The standard InChI is InChI=1S/C16H22FN3O4S/c1-10(2)14(15(21)19-13-6-4-3-5-12(13)17)20-16(22)18-11-7-8-25(23,24)9-11/h3-6,10-11,14H,7-9H2,1-2H3,(H,19,21)(H2,18,20,22)/t11-,14+/m1/s1. The van der Waals surface area contributed by atoms with E-state index in [1.165, 1.54) is 18.2 Å². The van der Waals surface area contributed by atoms with Crippen molar-refractivity contribution in [3.8, 4) is 0 Å². The number of rotatable bonds is 5. The highest BCUT2D eigenvalue weighted by atomic mass is 32.2. The van der Waals surface area contributed by atoms with E-state index in [2.05, 4.69) is 16.0 Å². The highest BCUT2D eigenvalue weighted by Crippen LogP contribution is 2.14. The molecule has 1 aliphatic rings. The third-order valence-corrected chi connectivity index (χ3v) is 5.70. The fourth-order valence-corrected chi connectivity index (χ4v) is 4.26. The van der Waals surface area contributed by atoms with Gasteiger partial charge in [0.15, 0.2) is 9.84 Å². The predicted octanol–water partition coefficient (Wildman–Crippen LogP) is 1.28. The molecule has 0 aliphatic carbocycles. The number of halogens is 1. The Morgan fingerprint density at radius 1 is 1.24 bits per heavy atom. The number of amides is 3. The van der Waals surface area contributed by atoms with Crippen LogP contribution in [0.1, 0.15) is 20.3 Å². The molecule has 1 saturated heterocycles. The van der Waals surface area contributed by atoms with Crippen LogP contribution in [-0.2, 0) is 14.6 Å². The maximum Gasteiger partial charge on any atom is 0.315 e. The summed E-state index contributed by atoms with van der Waals surface area (Å²) in [5.74, 6) is -1.42. The molecule has 3 amide bonds. The smallest absolute Gasteiger partial charge is 0.315 e. The summed E-state index contributed by atoms with van der Waals surface area (Å²) in [6, 6.07) is 3.76. The first-order chi connectivity index (χ1) is 11.7. The molecule has 0 spiro atoms. The van der Waals surface area contributed by atoms with Gasteiger partial charge in [0.25, 0.3) is 0 Å². The van der Waals surface area contributed by atoms with Crippen LogP contribution in [0.15, 0.2) is 24.3 Å². The largest absolute Gasteiger partial charge is 0.334 e. The predicted molar refractivity (Wildman–Crippen MR) is 92.4 cm³/mol. The highest BCUT2D eigenvalue weighted by molar-refractivity contribution is 7.91. The molecule has 25 heavy (non-hydrogen) atoms. The van der Waals surface area contributed by atoms with Crippen molar-refractivity contribution in [3.05, 3.63) is 30.1 Å². The molecule has 7 nitrogen and oxygen atoms in total. The maximum absolute atomic E-state index is 13.6. The first-order valence-corrected chi connectivity index (χ1v) is 9.83. The van der Waals surface area contributed by atoms with Crippen LogP contribution in [0.3, 0.4) is 0 Å². The van der Waals surface area contributed by atoms with Crippen molar-refractivity contribution in [1.29, 1.82) is 0 Å². The topological polar surface area (TPSA) is 104 Å². The molecule has 0 radical (unpaired) electrons. The molecule has 3 N–H and O–H groups in total. The van der Waals surface area contributed by atoms with Crippen molar-refractivity contribution in [1.82, 2.24) is 10.6 Å². The zero-order valence-corrected chi connectivity index (χ0v) is 14.9. The van der Waals surface area contributed by atoms with E-state index in [1.807, 2.05) is 0 Å². The Bertz CT molecular complexity index is 752. The zero-order chi connectivity index (χ0) is 18.6. The lowest BCUT2D eigenvalue weighted by Gasteiger charge is -2.23. The average molecular weight is 371 g/mol. The number of hydrogen-bond acceptors (Lipinski definition) is 4. The summed E-state index contributed by atoms with van der Waals surface area (Å²) in [6.07, 6.45) is 0.351. The minimum Gasteiger partial charge on any atom is -0.334 e. The van der Waals surface area contributed by atoms with E-state index in [0.717, 1.165) is 0 Å². The van der Waals surface area contributed by atoms with Gasteiger partial charge < -0.3 is 16.0 Å². The van der Waals surface area contributed by atoms with Gasteiger partial charge in [0, 0.05) is 6.04 Å². The molecule has 1 aromatic carbocycles. The number of carbonyl (C=O) groups excluding carboxylic acids is 2. The van der Waals surface area contributed by atoms with Crippen molar-refractivity contribution >= 4 is 27.5 Å². The van der Waals surface area contributed by atoms with E-state index in [0.29, 0.717) is 6.42 Å². The van der Waals surface area contributed by atoms with Crippen LogP contribution in [0, 0.1) is 11.7 Å². The lowest BCUT2D eigenvalue weighted by molar-refractivity contribution is -0.118. The quantitative estimate of drug-likeness (QED) is 0.725. The van der Waals surface area contributed by atoms with Crippen molar-refractivity contribution < 1.29 is 22.4 Å². The lowest BCUT2D eigenvalue weighted by Crippen LogP contribution is -2.52. The second-order valence-electron chi connectivity index (χ2n) is 6.41. The first kappa shape index (κ1) is 19.2. The Morgan fingerprint density at radius 2 is 1.92 bits per heavy atom. The number of nitrogens with one attached hydrogen (secondary N) is 3. The van der Waals surface area contributed by atoms with Gasteiger partial charge >= 0.3 is 6.03 Å². The molecule has 0 unspecified atom stereocenters. The van der Waals surface area contributed by atoms with Gasteiger partial charge in [-0.2, -0.15) is 0 Å². The van der Waals surface area contributed by atoms with E-state index < -0.39 is 39.7 Å². The van der Waals surface area contributed by atoms with Crippen LogP contribution in [0.2, 0.25) is 0 Å². The molecule has 138 valence electrons. The van der Waals surface area contributed by atoms with E-state index in [-0.39, 0.29) is 23.1 Å². The van der Waals surface area contributed by atoms with Crippen LogP contribution in [0.4, 0.5) is 14.9 Å². The fraction of sp³-hybridized carbons (Fsp3) is 0.500. The molecule has 2 rings (SSSR count). The molecule has 9 heteroatoms. The molecule has 1 heterocycles. The van der Waals surface area contributed by atoms with Gasteiger partial charge in [-0.15, -0.1) is 0 Å². The second-order valence-corrected chi connectivity index (χ2v) is 8.64. The average Bonchev–Trinajstić information content (AvgIpc) is 2.85. The minimum absolute atomic E-state index is 0.0299. The van der Waals surface area contributed by atoms with Crippen LogP contribution in [0.25, 0.3) is 0 Å². The van der Waals surface area contributed by atoms with Gasteiger partial charge in [0.1, 0.15) is 11.9 Å². The van der Waals surface area contributed by atoms with Crippen LogP contribution in [0.5, 0.6) is 0 Å². The molecule has 0 aromatic heterocycles. The fourth-order valence-electron chi connectivity index (χ4n) is 2.59. The zero-order valence-electron chi connectivity index (χ0n) is 14.1. The summed E-state index contributed by atoms with van der Waals surface area (Å²) in [4.78, 5) is 24.4.